The largest absolute Gasteiger partial charge is 0.481 e. The summed E-state index contributed by atoms with van der Waals surface area (Å²) in [6.45, 7) is 0.883. The second-order valence-electron chi connectivity index (χ2n) is 4.61. The van der Waals surface area contributed by atoms with Gasteiger partial charge >= 0.3 is 5.97 Å². The van der Waals surface area contributed by atoms with Crippen LogP contribution in [0.25, 0.3) is 0 Å². The van der Waals surface area contributed by atoms with E-state index in [4.69, 9.17) is 16.3 Å². The van der Waals surface area contributed by atoms with Gasteiger partial charge in [0.25, 0.3) is 5.91 Å². The average Bonchev–Trinajstić information content (AvgIpc) is 2.83. The number of aliphatic carboxylic acids is 1. The summed E-state index contributed by atoms with van der Waals surface area (Å²) in [6, 6.07) is 1.49. The number of aromatic nitrogens is 1. The molecule has 0 unspecified atom stereocenters. The Morgan fingerprint density at radius 1 is 1.47 bits per heavy atom. The van der Waals surface area contributed by atoms with E-state index in [1.54, 1.807) is 0 Å². The van der Waals surface area contributed by atoms with Gasteiger partial charge < -0.3 is 20.1 Å². The average molecular weight is 287 g/mol. The van der Waals surface area contributed by atoms with Crippen molar-refractivity contribution >= 4 is 23.5 Å². The molecule has 0 radical (unpaired) electrons. The van der Waals surface area contributed by atoms with Gasteiger partial charge in [0.15, 0.2) is 0 Å². The highest BCUT2D eigenvalue weighted by Crippen LogP contribution is 2.30. The number of H-pyrrole nitrogens is 1. The molecule has 0 spiro atoms. The van der Waals surface area contributed by atoms with E-state index in [1.807, 2.05) is 0 Å². The smallest absolute Gasteiger partial charge is 0.311 e. The molecule has 0 atom stereocenters. The maximum atomic E-state index is 11.8. The number of aromatic amines is 1. The molecule has 6 nitrogen and oxygen atoms in total. The van der Waals surface area contributed by atoms with Gasteiger partial charge in [-0.3, -0.25) is 9.59 Å². The molecule has 1 aliphatic rings. The Bertz CT molecular complexity index is 480. The highest BCUT2D eigenvalue weighted by Gasteiger charge is 2.40. The first-order valence-corrected chi connectivity index (χ1v) is 6.35. The normalized spacial score (nSPS) is 17.9. The topological polar surface area (TPSA) is 91.4 Å². The molecule has 0 saturated carbocycles. The minimum atomic E-state index is -0.940. The predicted octanol–water partition coefficient (Wildman–Crippen LogP) is 1.28. The molecule has 7 heteroatoms. The minimum Gasteiger partial charge on any atom is -0.481 e. The first-order chi connectivity index (χ1) is 9.03. The lowest BCUT2D eigenvalue weighted by Crippen LogP contribution is -2.46. The fraction of sp³-hybridized carbons (Fsp3) is 0.500. The second-order valence-corrected chi connectivity index (χ2v) is 5.05. The third-order valence-corrected chi connectivity index (χ3v) is 3.60. The number of nitrogens with one attached hydrogen (secondary N) is 2. The summed E-state index contributed by atoms with van der Waals surface area (Å²) in [5.74, 6) is -1.26. The quantitative estimate of drug-likeness (QED) is 0.777. The highest BCUT2D eigenvalue weighted by atomic mass is 35.5. The lowest BCUT2D eigenvalue weighted by Gasteiger charge is -2.33. The molecule has 1 saturated heterocycles. The molecule has 1 fully saturated rings. The summed E-state index contributed by atoms with van der Waals surface area (Å²) >= 11 is 5.71. The van der Waals surface area contributed by atoms with Crippen molar-refractivity contribution in [2.75, 3.05) is 19.8 Å². The monoisotopic (exact) mass is 286 g/mol. The number of rotatable bonds is 4. The SMILES string of the molecule is O=C(NCC1(C(=O)O)CCOCC1)c1cc(Cl)c[nH]1. The zero-order valence-electron chi connectivity index (χ0n) is 10.2. The predicted molar refractivity (Wildman–Crippen MR) is 68.3 cm³/mol. The van der Waals surface area contributed by atoms with Crippen LogP contribution in [-0.4, -0.2) is 41.7 Å². The van der Waals surface area contributed by atoms with Crippen LogP contribution in [0.1, 0.15) is 23.3 Å². The van der Waals surface area contributed by atoms with Gasteiger partial charge in [0.1, 0.15) is 5.69 Å². The summed E-state index contributed by atoms with van der Waals surface area (Å²) in [4.78, 5) is 26.0. The van der Waals surface area contributed by atoms with Crippen molar-refractivity contribution in [3.63, 3.8) is 0 Å². The van der Waals surface area contributed by atoms with Crippen molar-refractivity contribution in [1.82, 2.24) is 10.3 Å². The third kappa shape index (κ3) is 3.08. The van der Waals surface area contributed by atoms with Crippen molar-refractivity contribution in [1.29, 1.82) is 0 Å². The van der Waals surface area contributed by atoms with Crippen LogP contribution in [-0.2, 0) is 9.53 Å². The molecular weight excluding hydrogens is 272 g/mol. The maximum absolute atomic E-state index is 11.8. The van der Waals surface area contributed by atoms with Crippen molar-refractivity contribution in [2.24, 2.45) is 5.41 Å². The Morgan fingerprint density at radius 3 is 2.68 bits per heavy atom. The van der Waals surface area contributed by atoms with Gasteiger partial charge in [0.2, 0.25) is 0 Å². The zero-order chi connectivity index (χ0) is 13.9. The van der Waals surface area contributed by atoms with Gasteiger partial charge in [-0.05, 0) is 18.9 Å². The van der Waals surface area contributed by atoms with Gasteiger partial charge in [-0.15, -0.1) is 0 Å². The summed E-state index contributed by atoms with van der Waals surface area (Å²) in [6.07, 6.45) is 2.29. The Morgan fingerprint density at radius 2 is 2.16 bits per heavy atom. The van der Waals surface area contributed by atoms with E-state index in [-0.39, 0.29) is 12.5 Å². The zero-order valence-corrected chi connectivity index (χ0v) is 11.0. The lowest BCUT2D eigenvalue weighted by atomic mass is 9.80. The molecule has 1 aliphatic heterocycles. The molecule has 19 heavy (non-hydrogen) atoms. The van der Waals surface area contributed by atoms with E-state index in [0.29, 0.717) is 36.8 Å². The van der Waals surface area contributed by atoms with E-state index >= 15 is 0 Å². The van der Waals surface area contributed by atoms with Crippen molar-refractivity contribution in [2.45, 2.75) is 12.8 Å². The van der Waals surface area contributed by atoms with Crippen LogP contribution in [0.4, 0.5) is 0 Å². The molecule has 0 aromatic carbocycles. The molecule has 1 aromatic heterocycles. The maximum Gasteiger partial charge on any atom is 0.311 e. The van der Waals surface area contributed by atoms with Crippen molar-refractivity contribution in [3.05, 3.63) is 23.0 Å². The summed E-state index contributed by atoms with van der Waals surface area (Å²) in [5, 5.41) is 12.4. The molecule has 3 N–H and O–H groups in total. The summed E-state index contributed by atoms with van der Waals surface area (Å²) in [7, 11) is 0. The lowest BCUT2D eigenvalue weighted by molar-refractivity contribution is -0.154. The number of carboxylic acids is 1. The first kappa shape index (κ1) is 13.9. The molecule has 0 aliphatic carbocycles. The summed E-state index contributed by atoms with van der Waals surface area (Å²) in [5.41, 5.74) is -0.623. The number of halogens is 1. The second kappa shape index (κ2) is 5.63. The molecule has 1 amide bonds. The van der Waals surface area contributed by atoms with Crippen LogP contribution in [0, 0.1) is 5.41 Å². The van der Waals surface area contributed by atoms with Crippen LogP contribution in [0.2, 0.25) is 5.02 Å². The fourth-order valence-corrected chi connectivity index (χ4v) is 2.24. The van der Waals surface area contributed by atoms with Crippen LogP contribution >= 0.6 is 11.6 Å². The van der Waals surface area contributed by atoms with Crippen molar-refractivity contribution in [3.8, 4) is 0 Å². The minimum absolute atomic E-state index is 0.0845. The Labute approximate surface area is 115 Å². The Balaban J connectivity index is 1.99. The molecule has 0 bridgehead atoms. The number of hydrogen-bond acceptors (Lipinski definition) is 3. The van der Waals surface area contributed by atoms with Crippen LogP contribution in [0.3, 0.4) is 0 Å². The number of carbonyl (C=O) groups excluding carboxylic acids is 1. The highest BCUT2D eigenvalue weighted by molar-refractivity contribution is 6.30. The van der Waals surface area contributed by atoms with Gasteiger partial charge in [-0.1, -0.05) is 11.6 Å². The molecule has 104 valence electrons. The Hall–Kier alpha value is -1.53. The van der Waals surface area contributed by atoms with Crippen LogP contribution in [0.15, 0.2) is 12.3 Å². The fourth-order valence-electron chi connectivity index (χ4n) is 2.07. The van der Waals surface area contributed by atoms with E-state index in [2.05, 4.69) is 10.3 Å². The van der Waals surface area contributed by atoms with Crippen LogP contribution < -0.4 is 5.32 Å². The number of carbonyl (C=O) groups is 2. The number of carboxylic acid groups (broad SMARTS) is 1. The van der Waals surface area contributed by atoms with Crippen molar-refractivity contribution < 1.29 is 19.4 Å². The molecular formula is C12H15ClN2O4. The third-order valence-electron chi connectivity index (χ3n) is 3.38. The number of ether oxygens (including phenoxy) is 1. The Kier molecular flexibility index (Phi) is 4.11. The first-order valence-electron chi connectivity index (χ1n) is 5.97. The van der Waals surface area contributed by atoms with E-state index < -0.39 is 11.4 Å². The molecule has 1 aromatic rings. The summed E-state index contributed by atoms with van der Waals surface area (Å²) < 4.78 is 5.17. The van der Waals surface area contributed by atoms with Gasteiger partial charge in [0, 0.05) is 26.0 Å². The standard InChI is InChI=1S/C12H15ClN2O4/c13-8-5-9(14-6-8)10(16)15-7-12(11(17)18)1-3-19-4-2-12/h5-6,14H,1-4,7H2,(H,15,16)(H,17,18). The number of amides is 1. The van der Waals surface area contributed by atoms with E-state index in [0.717, 1.165) is 0 Å². The number of hydrogen-bond donors (Lipinski definition) is 3. The van der Waals surface area contributed by atoms with E-state index in [9.17, 15) is 14.7 Å². The van der Waals surface area contributed by atoms with Crippen LogP contribution in [0.5, 0.6) is 0 Å². The molecule has 2 heterocycles. The van der Waals surface area contributed by atoms with Gasteiger partial charge in [0.05, 0.1) is 10.4 Å². The molecule has 2 rings (SSSR count). The van der Waals surface area contributed by atoms with E-state index in [1.165, 1.54) is 12.3 Å². The van der Waals surface area contributed by atoms with Gasteiger partial charge in [-0.25, -0.2) is 0 Å². The van der Waals surface area contributed by atoms with Gasteiger partial charge in [-0.2, -0.15) is 0 Å².